The first-order valence-electron chi connectivity index (χ1n) is 4.85. The molecule has 2 fully saturated rings. The molecular weight excluding hydrogens is 136 g/mol. The predicted molar refractivity (Wildman–Crippen MR) is 45.5 cm³/mol. The highest BCUT2D eigenvalue weighted by atomic mass is 16.5. The normalized spacial score (nSPS) is 42.0. The molecule has 1 aliphatic heterocycles. The van der Waals surface area contributed by atoms with Crippen LogP contribution in [0.3, 0.4) is 0 Å². The monoisotopic (exact) mass is 154 g/mol. The average molecular weight is 154 g/mol. The van der Waals surface area contributed by atoms with Crippen molar-refractivity contribution in [2.45, 2.75) is 57.7 Å². The Kier molecular flexibility index (Phi) is 1.71. The van der Waals surface area contributed by atoms with Crippen LogP contribution in [0, 0.1) is 5.92 Å². The first-order valence-corrected chi connectivity index (χ1v) is 4.85. The van der Waals surface area contributed by atoms with E-state index in [1.54, 1.807) is 0 Å². The molecule has 0 amide bonds. The molecule has 0 aromatic carbocycles. The largest absolute Gasteiger partial charge is 0.372 e. The van der Waals surface area contributed by atoms with Gasteiger partial charge in [-0.1, -0.05) is 12.8 Å². The van der Waals surface area contributed by atoms with Crippen molar-refractivity contribution >= 4 is 0 Å². The zero-order valence-corrected chi connectivity index (χ0v) is 7.60. The molecule has 0 bridgehead atoms. The molecule has 11 heavy (non-hydrogen) atoms. The molecular formula is C10H18O. The van der Waals surface area contributed by atoms with Gasteiger partial charge in [0, 0.05) is 0 Å². The third kappa shape index (κ3) is 1.44. The number of hydrogen-bond donors (Lipinski definition) is 0. The van der Waals surface area contributed by atoms with E-state index in [0.717, 1.165) is 5.92 Å². The van der Waals surface area contributed by atoms with E-state index in [0.29, 0.717) is 6.10 Å². The Morgan fingerprint density at radius 1 is 1.18 bits per heavy atom. The molecule has 0 aromatic rings. The van der Waals surface area contributed by atoms with Gasteiger partial charge < -0.3 is 4.74 Å². The van der Waals surface area contributed by atoms with E-state index in [1.807, 2.05) is 0 Å². The van der Waals surface area contributed by atoms with Crippen LogP contribution in [0.1, 0.15) is 46.0 Å². The Balaban J connectivity index is 2.03. The van der Waals surface area contributed by atoms with Crippen LogP contribution >= 0.6 is 0 Å². The van der Waals surface area contributed by atoms with Gasteiger partial charge in [-0.25, -0.2) is 0 Å². The van der Waals surface area contributed by atoms with Gasteiger partial charge in [0.15, 0.2) is 0 Å². The fourth-order valence-electron chi connectivity index (χ4n) is 2.65. The van der Waals surface area contributed by atoms with Gasteiger partial charge >= 0.3 is 0 Å². The van der Waals surface area contributed by atoms with Gasteiger partial charge in [0.2, 0.25) is 0 Å². The summed E-state index contributed by atoms with van der Waals surface area (Å²) in [6.07, 6.45) is 7.44. The lowest BCUT2D eigenvalue weighted by Crippen LogP contribution is -2.21. The van der Waals surface area contributed by atoms with Crippen LogP contribution in [0.5, 0.6) is 0 Å². The molecule has 1 aliphatic carbocycles. The minimum Gasteiger partial charge on any atom is -0.372 e. The zero-order valence-electron chi connectivity index (χ0n) is 7.60. The standard InChI is InChI=1S/C10H18O/c1-10(2)7-8-5-3-4-6-9(8)11-10/h8-9H,3-7H2,1-2H3/t8-,9-/m1/s1. The minimum absolute atomic E-state index is 0.180. The second-order valence-corrected chi connectivity index (χ2v) is 4.66. The van der Waals surface area contributed by atoms with Crippen LogP contribution in [-0.4, -0.2) is 11.7 Å². The maximum absolute atomic E-state index is 5.95. The molecule has 1 saturated heterocycles. The zero-order chi connectivity index (χ0) is 7.90. The predicted octanol–water partition coefficient (Wildman–Crippen LogP) is 2.74. The Morgan fingerprint density at radius 3 is 2.64 bits per heavy atom. The Hall–Kier alpha value is -0.0400. The topological polar surface area (TPSA) is 9.23 Å². The van der Waals surface area contributed by atoms with Crippen LogP contribution in [0.4, 0.5) is 0 Å². The minimum atomic E-state index is 0.180. The molecule has 0 spiro atoms. The van der Waals surface area contributed by atoms with Crippen LogP contribution < -0.4 is 0 Å². The lowest BCUT2D eigenvalue weighted by atomic mass is 9.84. The summed E-state index contributed by atoms with van der Waals surface area (Å²) in [6, 6.07) is 0. The van der Waals surface area contributed by atoms with Crippen molar-refractivity contribution in [3.05, 3.63) is 0 Å². The van der Waals surface area contributed by atoms with Gasteiger partial charge in [0.05, 0.1) is 11.7 Å². The van der Waals surface area contributed by atoms with Crippen molar-refractivity contribution in [1.29, 1.82) is 0 Å². The molecule has 2 atom stereocenters. The Morgan fingerprint density at radius 2 is 1.91 bits per heavy atom. The summed E-state index contributed by atoms with van der Waals surface area (Å²) in [5.41, 5.74) is 0.180. The smallest absolute Gasteiger partial charge is 0.0634 e. The summed E-state index contributed by atoms with van der Waals surface area (Å²) in [4.78, 5) is 0. The third-order valence-electron chi connectivity index (χ3n) is 3.06. The quantitative estimate of drug-likeness (QED) is 0.521. The highest BCUT2D eigenvalue weighted by Crippen LogP contribution is 2.42. The van der Waals surface area contributed by atoms with Crippen molar-refractivity contribution in [3.8, 4) is 0 Å². The number of fused-ring (bicyclic) bond motifs is 1. The molecule has 64 valence electrons. The molecule has 0 radical (unpaired) electrons. The summed E-state index contributed by atoms with van der Waals surface area (Å²) in [5.74, 6) is 0.888. The van der Waals surface area contributed by atoms with Crippen molar-refractivity contribution < 1.29 is 4.74 Å². The van der Waals surface area contributed by atoms with Gasteiger partial charge in [-0.05, 0) is 39.0 Å². The highest BCUT2D eigenvalue weighted by molar-refractivity contribution is 4.90. The fourth-order valence-corrected chi connectivity index (χ4v) is 2.65. The van der Waals surface area contributed by atoms with Crippen LogP contribution in [0.15, 0.2) is 0 Å². The van der Waals surface area contributed by atoms with E-state index < -0.39 is 0 Å². The number of hydrogen-bond acceptors (Lipinski definition) is 1. The molecule has 0 aromatic heterocycles. The fraction of sp³-hybridized carbons (Fsp3) is 1.00. The van der Waals surface area contributed by atoms with Gasteiger partial charge in [0.1, 0.15) is 0 Å². The van der Waals surface area contributed by atoms with Gasteiger partial charge in [0.25, 0.3) is 0 Å². The molecule has 2 rings (SSSR count). The molecule has 2 aliphatic rings. The van der Waals surface area contributed by atoms with E-state index in [1.165, 1.54) is 32.1 Å². The lowest BCUT2D eigenvalue weighted by Gasteiger charge is -2.23. The van der Waals surface area contributed by atoms with Crippen LogP contribution in [0.2, 0.25) is 0 Å². The second kappa shape index (κ2) is 2.48. The number of ether oxygens (including phenoxy) is 1. The highest BCUT2D eigenvalue weighted by Gasteiger charge is 2.40. The molecule has 1 saturated carbocycles. The van der Waals surface area contributed by atoms with Crippen molar-refractivity contribution in [2.75, 3.05) is 0 Å². The molecule has 1 heterocycles. The number of rotatable bonds is 0. The van der Waals surface area contributed by atoms with E-state index >= 15 is 0 Å². The summed E-state index contributed by atoms with van der Waals surface area (Å²) < 4.78 is 5.95. The summed E-state index contributed by atoms with van der Waals surface area (Å²) in [6.45, 7) is 4.46. The lowest BCUT2D eigenvalue weighted by molar-refractivity contribution is -0.0302. The van der Waals surface area contributed by atoms with Gasteiger partial charge in [-0.2, -0.15) is 0 Å². The average Bonchev–Trinajstić information content (AvgIpc) is 2.21. The van der Waals surface area contributed by atoms with Crippen molar-refractivity contribution in [3.63, 3.8) is 0 Å². The van der Waals surface area contributed by atoms with Gasteiger partial charge in [-0.3, -0.25) is 0 Å². The molecule has 0 N–H and O–H groups in total. The summed E-state index contributed by atoms with van der Waals surface area (Å²) in [7, 11) is 0. The molecule has 0 unspecified atom stereocenters. The first-order chi connectivity index (χ1) is 5.17. The Bertz CT molecular complexity index is 135. The second-order valence-electron chi connectivity index (χ2n) is 4.66. The van der Waals surface area contributed by atoms with Crippen molar-refractivity contribution in [2.24, 2.45) is 5.92 Å². The van der Waals surface area contributed by atoms with Crippen LogP contribution in [0.25, 0.3) is 0 Å². The van der Waals surface area contributed by atoms with Crippen molar-refractivity contribution in [1.82, 2.24) is 0 Å². The van der Waals surface area contributed by atoms with E-state index in [4.69, 9.17) is 4.74 Å². The van der Waals surface area contributed by atoms with E-state index in [-0.39, 0.29) is 5.60 Å². The van der Waals surface area contributed by atoms with E-state index in [2.05, 4.69) is 13.8 Å². The molecule has 1 nitrogen and oxygen atoms in total. The maximum Gasteiger partial charge on any atom is 0.0634 e. The summed E-state index contributed by atoms with van der Waals surface area (Å²) in [5, 5.41) is 0. The van der Waals surface area contributed by atoms with Gasteiger partial charge in [-0.15, -0.1) is 0 Å². The first kappa shape index (κ1) is 7.60. The van der Waals surface area contributed by atoms with E-state index in [9.17, 15) is 0 Å². The maximum atomic E-state index is 5.95. The summed E-state index contributed by atoms with van der Waals surface area (Å²) >= 11 is 0. The SMILES string of the molecule is CC1(C)C[C@H]2CCCC[C@H]2O1. The molecule has 1 heteroatoms. The third-order valence-corrected chi connectivity index (χ3v) is 3.06. The Labute approximate surface area is 69.1 Å². The van der Waals surface area contributed by atoms with Crippen LogP contribution in [-0.2, 0) is 4.74 Å².